The summed E-state index contributed by atoms with van der Waals surface area (Å²) in [4.78, 5) is 69.6. The molecule has 7 N–H and O–H groups in total. The number of amides is 5. The fraction of sp³-hybridized carbons (Fsp3) is 0.581. The molecule has 1 aromatic rings. The predicted octanol–water partition coefficient (Wildman–Crippen LogP) is -1.73. The molecule has 3 aliphatic heterocycles. The molecule has 15 nitrogen and oxygen atoms in total. The third kappa shape index (κ3) is 10.2. The number of nitrogens with one attached hydrogen (secondary N) is 5. The van der Waals surface area contributed by atoms with Gasteiger partial charge in [-0.2, -0.15) is 0 Å². The highest BCUT2D eigenvalue weighted by atomic mass is 16.5. The van der Waals surface area contributed by atoms with Crippen molar-refractivity contribution in [3.63, 3.8) is 0 Å². The maximum Gasteiger partial charge on any atom is 0.246 e. The monoisotopic (exact) mass is 643 g/mol. The highest BCUT2D eigenvalue weighted by Gasteiger charge is 2.44. The SMILES string of the molecule is CNC(C)C(=O)NC(C(=O)N1CC2CC1C(=O)NCC(=O)NC(C(=O)NCCN(C)C)Cc1ccc(cc1)O/C=C/N2N)C(C)C. The number of nitrogens with two attached hydrogens (primary N) is 1. The van der Waals surface area contributed by atoms with Gasteiger partial charge in [-0.15, -0.1) is 0 Å². The fourth-order valence-electron chi connectivity index (χ4n) is 5.13. The summed E-state index contributed by atoms with van der Waals surface area (Å²) in [7, 11) is 5.42. The van der Waals surface area contributed by atoms with E-state index in [4.69, 9.17) is 10.6 Å². The first-order valence-corrected chi connectivity index (χ1v) is 15.5. The molecule has 254 valence electrons. The van der Waals surface area contributed by atoms with E-state index in [0.29, 0.717) is 18.8 Å². The number of rotatable bonds is 9. The summed E-state index contributed by atoms with van der Waals surface area (Å²) in [5, 5.41) is 15.2. The van der Waals surface area contributed by atoms with Gasteiger partial charge in [0.05, 0.1) is 24.8 Å². The third-order valence-electron chi connectivity index (χ3n) is 8.08. The largest absolute Gasteiger partial charge is 0.463 e. The van der Waals surface area contributed by atoms with Gasteiger partial charge in [-0.1, -0.05) is 26.0 Å². The van der Waals surface area contributed by atoms with E-state index in [1.54, 1.807) is 52.1 Å². The molecule has 4 bridgehead atoms. The molecule has 1 saturated heterocycles. The number of hydrogen-bond donors (Lipinski definition) is 6. The Kier molecular flexibility index (Phi) is 13.3. The van der Waals surface area contributed by atoms with Gasteiger partial charge in [0.1, 0.15) is 30.1 Å². The van der Waals surface area contributed by atoms with Gasteiger partial charge in [0.25, 0.3) is 0 Å². The van der Waals surface area contributed by atoms with Crippen LogP contribution in [0.3, 0.4) is 0 Å². The van der Waals surface area contributed by atoms with E-state index in [1.807, 2.05) is 19.0 Å². The first kappa shape index (κ1) is 36.3. The second-order valence-electron chi connectivity index (χ2n) is 12.3. The van der Waals surface area contributed by atoms with Gasteiger partial charge >= 0.3 is 0 Å². The summed E-state index contributed by atoms with van der Waals surface area (Å²) < 4.78 is 5.72. The zero-order valence-corrected chi connectivity index (χ0v) is 27.5. The van der Waals surface area contributed by atoms with Gasteiger partial charge in [-0.25, -0.2) is 5.84 Å². The summed E-state index contributed by atoms with van der Waals surface area (Å²) in [6, 6.07) is 3.32. The number of benzene rings is 1. The van der Waals surface area contributed by atoms with E-state index in [-0.39, 0.29) is 37.1 Å². The Balaban J connectivity index is 1.87. The van der Waals surface area contributed by atoms with Crippen molar-refractivity contribution in [2.45, 2.75) is 63.8 Å². The molecule has 1 fully saturated rings. The average Bonchev–Trinajstić information content (AvgIpc) is 3.47. The molecule has 0 radical (unpaired) electrons. The Hall–Kier alpha value is -4.21. The van der Waals surface area contributed by atoms with Gasteiger partial charge in [0.2, 0.25) is 29.5 Å². The minimum absolute atomic E-state index is 0.0918. The van der Waals surface area contributed by atoms with E-state index < -0.39 is 54.5 Å². The summed E-state index contributed by atoms with van der Waals surface area (Å²) >= 11 is 0. The summed E-state index contributed by atoms with van der Waals surface area (Å²) in [5.74, 6) is 4.31. The predicted molar refractivity (Wildman–Crippen MR) is 172 cm³/mol. The summed E-state index contributed by atoms with van der Waals surface area (Å²) in [5.41, 5.74) is 0.790. The van der Waals surface area contributed by atoms with E-state index in [2.05, 4.69) is 26.6 Å². The highest BCUT2D eigenvalue weighted by molar-refractivity contribution is 5.95. The molecule has 15 heteroatoms. The van der Waals surface area contributed by atoms with Gasteiger partial charge in [0.15, 0.2) is 0 Å². The molecule has 1 aromatic carbocycles. The van der Waals surface area contributed by atoms with Crippen LogP contribution < -0.4 is 37.2 Å². The van der Waals surface area contributed by atoms with Crippen molar-refractivity contribution in [2.75, 3.05) is 47.3 Å². The number of fused-ring (bicyclic) bond motifs is 10. The van der Waals surface area contributed by atoms with Crippen LogP contribution in [0.2, 0.25) is 0 Å². The number of carbonyl (C=O) groups excluding carboxylic acids is 5. The average molecular weight is 644 g/mol. The summed E-state index contributed by atoms with van der Waals surface area (Å²) in [6.07, 6.45) is 3.30. The third-order valence-corrected chi connectivity index (χ3v) is 8.08. The van der Waals surface area contributed by atoms with Crippen LogP contribution in [-0.2, 0) is 30.4 Å². The lowest BCUT2D eigenvalue weighted by Gasteiger charge is -2.31. The molecule has 0 spiro atoms. The number of hydrogen-bond acceptors (Lipinski definition) is 10. The first-order chi connectivity index (χ1) is 21.8. The minimum Gasteiger partial charge on any atom is -0.463 e. The Bertz CT molecular complexity index is 1260. The molecule has 0 aromatic heterocycles. The molecule has 5 atom stereocenters. The second-order valence-corrected chi connectivity index (χ2v) is 12.3. The van der Waals surface area contributed by atoms with Crippen LogP contribution >= 0.6 is 0 Å². The summed E-state index contributed by atoms with van der Waals surface area (Å²) in [6.45, 7) is 5.99. The number of carbonyl (C=O) groups is 5. The second kappa shape index (κ2) is 16.9. The fourth-order valence-corrected chi connectivity index (χ4v) is 5.13. The molecular weight excluding hydrogens is 594 g/mol. The Morgan fingerprint density at radius 1 is 1.13 bits per heavy atom. The molecule has 0 aliphatic carbocycles. The lowest BCUT2D eigenvalue weighted by Crippen LogP contribution is -2.58. The number of likely N-dealkylation sites (tertiary alicyclic amines) is 1. The van der Waals surface area contributed by atoms with Gasteiger partial charge in [0, 0.05) is 32.5 Å². The highest BCUT2D eigenvalue weighted by Crippen LogP contribution is 2.24. The normalized spacial score (nSPS) is 22.7. The lowest BCUT2D eigenvalue weighted by molar-refractivity contribution is -0.142. The Labute approximate surface area is 270 Å². The van der Waals surface area contributed by atoms with E-state index in [9.17, 15) is 24.0 Å². The standard InChI is InChI=1S/C31H49N9O6/c1-19(2)27(37-28(42)20(3)33-4)31(45)39-18-22-16-25(39)30(44)35-17-26(41)36-24(29(43)34-11-12-38(5)6)15-21-7-9-23(10-8-21)46-14-13-40(22)32/h7-10,13-14,19-20,22,24-25,27,33H,11-12,15-18,32H2,1-6H3,(H,34,43)(H,35,44)(H,36,41)(H,37,42)/b14-13+. The smallest absolute Gasteiger partial charge is 0.246 e. The number of hydrazine groups is 1. The molecule has 3 heterocycles. The molecule has 3 aliphatic rings. The van der Waals surface area contributed by atoms with E-state index >= 15 is 0 Å². The van der Waals surface area contributed by atoms with Crippen molar-refractivity contribution < 1.29 is 28.7 Å². The number of ether oxygens (including phenoxy) is 1. The maximum absolute atomic E-state index is 13.9. The topological polar surface area (TPSA) is 190 Å². The van der Waals surface area contributed by atoms with Crippen molar-refractivity contribution in [3.05, 3.63) is 42.3 Å². The van der Waals surface area contributed by atoms with Crippen molar-refractivity contribution >= 4 is 29.5 Å². The van der Waals surface area contributed by atoms with Crippen molar-refractivity contribution in [3.8, 4) is 5.75 Å². The van der Waals surface area contributed by atoms with Gasteiger partial charge in [-0.05, 0) is 51.7 Å². The van der Waals surface area contributed by atoms with Crippen molar-refractivity contribution in [1.82, 2.24) is 41.4 Å². The molecule has 4 rings (SSSR count). The molecule has 5 unspecified atom stereocenters. The van der Waals surface area contributed by atoms with Crippen molar-refractivity contribution in [1.29, 1.82) is 0 Å². The lowest BCUT2D eigenvalue weighted by atomic mass is 10.0. The van der Waals surface area contributed by atoms with Crippen LogP contribution in [0.1, 0.15) is 32.8 Å². The Morgan fingerprint density at radius 3 is 2.46 bits per heavy atom. The first-order valence-electron chi connectivity index (χ1n) is 15.5. The van der Waals surface area contributed by atoms with Crippen LogP contribution in [0.5, 0.6) is 5.75 Å². The zero-order valence-electron chi connectivity index (χ0n) is 27.5. The van der Waals surface area contributed by atoms with Crippen LogP contribution in [-0.4, -0.2) is 122 Å². The zero-order chi connectivity index (χ0) is 34.0. The van der Waals surface area contributed by atoms with Crippen LogP contribution in [0, 0.1) is 5.92 Å². The van der Waals surface area contributed by atoms with Crippen LogP contribution in [0.4, 0.5) is 0 Å². The van der Waals surface area contributed by atoms with Crippen LogP contribution in [0.15, 0.2) is 36.7 Å². The van der Waals surface area contributed by atoms with Gasteiger partial charge < -0.3 is 46.1 Å². The molecular formula is C31H49N9O6. The quantitative estimate of drug-likeness (QED) is 0.169. The molecule has 46 heavy (non-hydrogen) atoms. The van der Waals surface area contributed by atoms with E-state index in [0.717, 1.165) is 5.56 Å². The number of nitrogens with zero attached hydrogens (tertiary/aromatic N) is 3. The number of likely N-dealkylation sites (N-methyl/N-ethyl adjacent to an activating group) is 2. The Morgan fingerprint density at radius 2 is 1.83 bits per heavy atom. The van der Waals surface area contributed by atoms with Crippen molar-refractivity contribution in [2.24, 2.45) is 11.8 Å². The van der Waals surface area contributed by atoms with Crippen LogP contribution in [0.25, 0.3) is 0 Å². The minimum atomic E-state index is -0.971. The molecule has 5 amide bonds. The molecule has 0 saturated carbocycles. The maximum atomic E-state index is 13.9. The van der Waals surface area contributed by atoms with Gasteiger partial charge in [-0.3, -0.25) is 24.0 Å². The van der Waals surface area contributed by atoms with E-state index in [1.165, 1.54) is 22.4 Å².